The van der Waals surface area contributed by atoms with Crippen molar-refractivity contribution in [1.82, 2.24) is 15.0 Å². The van der Waals surface area contributed by atoms with E-state index >= 15 is 0 Å². The van der Waals surface area contributed by atoms with Gasteiger partial charge in [0.05, 0.1) is 0 Å². The van der Waals surface area contributed by atoms with Crippen LogP contribution in [0.2, 0.25) is 0 Å². The lowest BCUT2D eigenvalue weighted by Gasteiger charge is -2.30. The Kier molecular flexibility index (Phi) is 5.08. The summed E-state index contributed by atoms with van der Waals surface area (Å²) < 4.78 is 10.9. The second-order valence-electron chi connectivity index (χ2n) is 8.33. The number of amides is 1. The Hall–Kier alpha value is -2.44. The maximum atomic E-state index is 13.0. The molecule has 1 saturated heterocycles. The molecule has 1 aliphatic carbocycles. The zero-order chi connectivity index (χ0) is 19.8. The minimum atomic E-state index is -0.507. The SMILES string of the molecule is Cc1cc(C2CCC2)oc(=O)c1C(=O)N1CCC(c2nc(C(C)C)no2)CC1. The molecule has 0 bridgehead atoms. The van der Waals surface area contributed by atoms with Gasteiger partial charge in [-0.25, -0.2) is 4.79 Å². The molecule has 7 nitrogen and oxygen atoms in total. The first-order valence-corrected chi connectivity index (χ1v) is 10.2. The van der Waals surface area contributed by atoms with E-state index < -0.39 is 5.63 Å². The molecule has 7 heteroatoms. The van der Waals surface area contributed by atoms with E-state index in [2.05, 4.69) is 10.1 Å². The molecule has 28 heavy (non-hydrogen) atoms. The number of carbonyl (C=O) groups excluding carboxylic acids is 1. The smallest absolute Gasteiger partial charge is 0.349 e. The summed E-state index contributed by atoms with van der Waals surface area (Å²) in [5.41, 5.74) is 0.373. The normalized spacial score (nSPS) is 18.5. The zero-order valence-electron chi connectivity index (χ0n) is 16.7. The molecular weight excluding hydrogens is 358 g/mol. The van der Waals surface area contributed by atoms with E-state index in [4.69, 9.17) is 8.94 Å². The van der Waals surface area contributed by atoms with Crippen LogP contribution in [-0.2, 0) is 0 Å². The van der Waals surface area contributed by atoms with Crippen LogP contribution in [0.1, 0.15) is 97.1 Å². The van der Waals surface area contributed by atoms with Gasteiger partial charge in [-0.05, 0) is 44.2 Å². The highest BCUT2D eigenvalue weighted by atomic mass is 16.5. The van der Waals surface area contributed by atoms with Crippen molar-refractivity contribution >= 4 is 5.91 Å². The van der Waals surface area contributed by atoms with Gasteiger partial charge in [-0.15, -0.1) is 0 Å². The van der Waals surface area contributed by atoms with E-state index in [0.29, 0.717) is 36.3 Å². The molecule has 1 saturated carbocycles. The zero-order valence-corrected chi connectivity index (χ0v) is 16.7. The van der Waals surface area contributed by atoms with Crippen molar-refractivity contribution in [3.63, 3.8) is 0 Å². The maximum absolute atomic E-state index is 13.0. The first-order chi connectivity index (χ1) is 13.4. The largest absolute Gasteiger partial charge is 0.427 e. The van der Waals surface area contributed by atoms with Crippen LogP contribution >= 0.6 is 0 Å². The van der Waals surface area contributed by atoms with E-state index in [9.17, 15) is 9.59 Å². The highest BCUT2D eigenvalue weighted by molar-refractivity contribution is 5.95. The number of rotatable bonds is 4. The van der Waals surface area contributed by atoms with Crippen LogP contribution in [-0.4, -0.2) is 34.0 Å². The second kappa shape index (κ2) is 7.53. The van der Waals surface area contributed by atoms with Crippen molar-refractivity contribution in [2.45, 2.75) is 70.6 Å². The molecule has 2 aromatic heterocycles. The Labute approximate surface area is 164 Å². The topological polar surface area (TPSA) is 89.4 Å². The quantitative estimate of drug-likeness (QED) is 0.796. The van der Waals surface area contributed by atoms with Gasteiger partial charge in [0.25, 0.3) is 5.91 Å². The lowest BCUT2D eigenvalue weighted by Crippen LogP contribution is -2.40. The number of hydrogen-bond acceptors (Lipinski definition) is 6. The van der Waals surface area contributed by atoms with Crippen LogP contribution in [0, 0.1) is 6.92 Å². The highest BCUT2D eigenvalue weighted by Crippen LogP contribution is 2.36. The molecule has 2 fully saturated rings. The van der Waals surface area contributed by atoms with Crippen molar-refractivity contribution in [3.8, 4) is 0 Å². The van der Waals surface area contributed by atoms with Crippen LogP contribution in [0.25, 0.3) is 0 Å². The van der Waals surface area contributed by atoms with Crippen molar-refractivity contribution in [1.29, 1.82) is 0 Å². The van der Waals surface area contributed by atoms with Crippen molar-refractivity contribution < 1.29 is 13.7 Å². The Morgan fingerprint density at radius 2 is 1.89 bits per heavy atom. The molecule has 0 spiro atoms. The third kappa shape index (κ3) is 3.50. The molecule has 1 aliphatic heterocycles. The van der Waals surface area contributed by atoms with Gasteiger partial charge in [-0.2, -0.15) is 4.98 Å². The van der Waals surface area contributed by atoms with Gasteiger partial charge >= 0.3 is 5.63 Å². The van der Waals surface area contributed by atoms with Crippen molar-refractivity contribution in [2.24, 2.45) is 0 Å². The van der Waals surface area contributed by atoms with Gasteiger partial charge in [0, 0.05) is 30.8 Å². The summed E-state index contributed by atoms with van der Waals surface area (Å²) >= 11 is 0. The molecule has 150 valence electrons. The lowest BCUT2D eigenvalue weighted by molar-refractivity contribution is 0.0698. The summed E-state index contributed by atoms with van der Waals surface area (Å²) in [5, 5.41) is 4.03. The molecule has 2 aromatic rings. The Balaban J connectivity index is 1.44. The minimum Gasteiger partial charge on any atom is -0.427 e. The molecule has 4 rings (SSSR count). The number of aromatic nitrogens is 2. The second-order valence-corrected chi connectivity index (χ2v) is 8.33. The van der Waals surface area contributed by atoms with Gasteiger partial charge in [0.1, 0.15) is 11.3 Å². The predicted octanol–water partition coefficient (Wildman–Crippen LogP) is 3.74. The average molecular weight is 385 g/mol. The van der Waals surface area contributed by atoms with Crippen molar-refractivity contribution in [2.75, 3.05) is 13.1 Å². The molecule has 2 aliphatic rings. The van der Waals surface area contributed by atoms with Gasteiger partial charge in [-0.1, -0.05) is 25.4 Å². The summed E-state index contributed by atoms with van der Waals surface area (Å²) in [6.45, 7) is 7.00. The molecule has 0 N–H and O–H groups in total. The van der Waals surface area contributed by atoms with Crippen LogP contribution in [0.15, 0.2) is 19.8 Å². The lowest BCUT2D eigenvalue weighted by atomic mass is 9.83. The average Bonchev–Trinajstić information content (AvgIpc) is 3.10. The third-order valence-corrected chi connectivity index (χ3v) is 5.99. The number of likely N-dealkylation sites (tertiary alicyclic amines) is 1. The monoisotopic (exact) mass is 385 g/mol. The van der Waals surface area contributed by atoms with E-state index in [1.807, 2.05) is 26.8 Å². The number of piperidine rings is 1. The van der Waals surface area contributed by atoms with E-state index in [0.717, 1.165) is 31.4 Å². The molecule has 3 heterocycles. The fourth-order valence-electron chi connectivity index (χ4n) is 3.92. The van der Waals surface area contributed by atoms with E-state index in [-0.39, 0.29) is 23.3 Å². The molecule has 0 atom stereocenters. The molecule has 1 amide bonds. The Morgan fingerprint density at radius 3 is 2.43 bits per heavy atom. The van der Waals surface area contributed by atoms with Gasteiger partial charge in [0.15, 0.2) is 5.82 Å². The minimum absolute atomic E-state index is 0.155. The molecule has 0 aromatic carbocycles. The van der Waals surface area contributed by atoms with Crippen LogP contribution < -0.4 is 5.63 Å². The van der Waals surface area contributed by atoms with Crippen LogP contribution in [0.3, 0.4) is 0 Å². The predicted molar refractivity (Wildman–Crippen MR) is 103 cm³/mol. The Morgan fingerprint density at radius 1 is 1.18 bits per heavy atom. The number of aryl methyl sites for hydroxylation is 1. The van der Waals surface area contributed by atoms with Crippen LogP contribution in [0.5, 0.6) is 0 Å². The Bertz CT molecular complexity index is 918. The molecular formula is C21H27N3O4. The number of hydrogen-bond donors (Lipinski definition) is 0. The number of nitrogens with zero attached hydrogens (tertiary/aromatic N) is 3. The van der Waals surface area contributed by atoms with Crippen molar-refractivity contribution in [3.05, 3.63) is 45.1 Å². The highest BCUT2D eigenvalue weighted by Gasteiger charge is 2.31. The third-order valence-electron chi connectivity index (χ3n) is 5.99. The van der Waals surface area contributed by atoms with Crippen LogP contribution in [0.4, 0.5) is 0 Å². The van der Waals surface area contributed by atoms with Gasteiger partial charge < -0.3 is 13.8 Å². The summed E-state index contributed by atoms with van der Waals surface area (Å²) in [4.78, 5) is 31.7. The van der Waals surface area contributed by atoms with E-state index in [1.165, 1.54) is 6.42 Å². The van der Waals surface area contributed by atoms with E-state index in [1.54, 1.807) is 4.90 Å². The fourth-order valence-corrected chi connectivity index (χ4v) is 3.92. The molecule has 0 radical (unpaired) electrons. The molecule has 0 unspecified atom stereocenters. The van der Waals surface area contributed by atoms with Gasteiger partial charge in [0.2, 0.25) is 5.89 Å². The summed E-state index contributed by atoms with van der Waals surface area (Å²) in [6.07, 6.45) is 4.77. The summed E-state index contributed by atoms with van der Waals surface area (Å²) in [6, 6.07) is 1.87. The number of carbonyl (C=O) groups is 1. The van der Waals surface area contributed by atoms with Gasteiger partial charge in [-0.3, -0.25) is 4.79 Å². The summed E-state index contributed by atoms with van der Waals surface area (Å²) in [7, 11) is 0. The maximum Gasteiger partial charge on any atom is 0.349 e. The first-order valence-electron chi connectivity index (χ1n) is 10.2. The fraction of sp³-hybridized carbons (Fsp3) is 0.619. The standard InChI is InChI=1S/C21H27N3O4/c1-12(2)18-22-19(28-23-18)15-7-9-24(10-8-15)20(25)17-13(3)11-16(27-21(17)26)14-5-4-6-14/h11-12,14-15H,4-10H2,1-3H3. The first kappa shape index (κ1) is 18.9. The summed E-state index contributed by atoms with van der Waals surface area (Å²) in [5.74, 6) is 2.56.